The van der Waals surface area contributed by atoms with Gasteiger partial charge in [-0.3, -0.25) is 0 Å². The van der Waals surface area contributed by atoms with Crippen molar-refractivity contribution in [1.82, 2.24) is 14.8 Å². The maximum absolute atomic E-state index is 5.81. The predicted molar refractivity (Wildman–Crippen MR) is 82.2 cm³/mol. The van der Waals surface area contributed by atoms with E-state index in [0.717, 1.165) is 29.2 Å². The fourth-order valence-corrected chi connectivity index (χ4v) is 2.53. The van der Waals surface area contributed by atoms with Gasteiger partial charge in [0.1, 0.15) is 0 Å². The lowest BCUT2D eigenvalue weighted by molar-refractivity contribution is 0.760. The van der Waals surface area contributed by atoms with Crippen LogP contribution in [0.25, 0.3) is 5.82 Å². The van der Waals surface area contributed by atoms with Crippen molar-refractivity contribution in [2.24, 2.45) is 5.73 Å². The zero-order valence-corrected chi connectivity index (χ0v) is 13.1. The summed E-state index contributed by atoms with van der Waals surface area (Å²) in [6.07, 6.45) is 0.991. The standard InChI is InChI=1S/C16H24N4/c1-6-14-11(4)19-20(12(14)5)16-8-13(9-17)7-15(18-16)10(2)3/h7-8,10H,6,9,17H2,1-5H3. The van der Waals surface area contributed by atoms with Crippen molar-refractivity contribution in [3.8, 4) is 5.82 Å². The lowest BCUT2D eigenvalue weighted by atomic mass is 10.1. The molecule has 0 fully saturated rings. The van der Waals surface area contributed by atoms with Crippen molar-refractivity contribution in [3.63, 3.8) is 0 Å². The first-order chi connectivity index (χ1) is 9.47. The van der Waals surface area contributed by atoms with Crippen LogP contribution in [0.1, 0.15) is 54.9 Å². The predicted octanol–water partition coefficient (Wildman–Crippen LogP) is 3.03. The lowest BCUT2D eigenvalue weighted by Gasteiger charge is -2.11. The first-order valence-electron chi connectivity index (χ1n) is 7.24. The molecule has 0 aromatic carbocycles. The van der Waals surface area contributed by atoms with Gasteiger partial charge in [0.05, 0.1) is 5.69 Å². The number of nitrogens with two attached hydrogens (primary N) is 1. The quantitative estimate of drug-likeness (QED) is 0.930. The Morgan fingerprint density at radius 3 is 2.45 bits per heavy atom. The van der Waals surface area contributed by atoms with E-state index in [4.69, 9.17) is 10.7 Å². The van der Waals surface area contributed by atoms with Crippen LogP contribution in [0.5, 0.6) is 0 Å². The van der Waals surface area contributed by atoms with Crippen LogP contribution < -0.4 is 5.73 Å². The molecule has 0 aliphatic heterocycles. The minimum atomic E-state index is 0.378. The van der Waals surface area contributed by atoms with Gasteiger partial charge in [0.15, 0.2) is 5.82 Å². The van der Waals surface area contributed by atoms with Gasteiger partial charge in [0.25, 0.3) is 0 Å². The van der Waals surface area contributed by atoms with Gasteiger partial charge >= 0.3 is 0 Å². The van der Waals surface area contributed by atoms with Gasteiger partial charge in [-0.15, -0.1) is 0 Å². The largest absolute Gasteiger partial charge is 0.326 e. The van der Waals surface area contributed by atoms with E-state index in [-0.39, 0.29) is 0 Å². The van der Waals surface area contributed by atoms with Crippen molar-refractivity contribution < 1.29 is 0 Å². The van der Waals surface area contributed by atoms with Crippen LogP contribution in [-0.4, -0.2) is 14.8 Å². The number of rotatable bonds is 4. The summed E-state index contributed by atoms with van der Waals surface area (Å²) in [6, 6.07) is 4.12. The summed E-state index contributed by atoms with van der Waals surface area (Å²) in [5.41, 5.74) is 11.5. The number of pyridine rings is 1. The topological polar surface area (TPSA) is 56.7 Å². The monoisotopic (exact) mass is 272 g/mol. The summed E-state index contributed by atoms with van der Waals surface area (Å²) in [6.45, 7) is 11.1. The van der Waals surface area contributed by atoms with Crippen LogP contribution in [-0.2, 0) is 13.0 Å². The van der Waals surface area contributed by atoms with Crippen LogP contribution in [0, 0.1) is 13.8 Å². The van der Waals surface area contributed by atoms with Crippen LogP contribution in [0.2, 0.25) is 0 Å². The molecule has 0 aliphatic rings. The smallest absolute Gasteiger partial charge is 0.154 e. The van der Waals surface area contributed by atoms with Gasteiger partial charge < -0.3 is 5.73 Å². The van der Waals surface area contributed by atoms with Gasteiger partial charge in [0.2, 0.25) is 0 Å². The number of hydrogen-bond acceptors (Lipinski definition) is 3. The molecule has 2 aromatic rings. The number of aryl methyl sites for hydroxylation is 1. The third-order valence-electron chi connectivity index (χ3n) is 3.73. The highest BCUT2D eigenvalue weighted by Gasteiger charge is 2.14. The van der Waals surface area contributed by atoms with E-state index in [9.17, 15) is 0 Å². The molecule has 108 valence electrons. The molecule has 0 unspecified atom stereocenters. The molecule has 0 saturated carbocycles. The molecule has 0 bridgehead atoms. The molecular weight excluding hydrogens is 248 g/mol. The first kappa shape index (κ1) is 14.7. The van der Waals surface area contributed by atoms with Gasteiger partial charge in [0, 0.05) is 17.9 Å². The van der Waals surface area contributed by atoms with Crippen LogP contribution >= 0.6 is 0 Å². The van der Waals surface area contributed by atoms with Crippen molar-refractivity contribution in [2.75, 3.05) is 0 Å². The molecule has 0 atom stereocenters. The molecule has 2 rings (SSSR count). The van der Waals surface area contributed by atoms with E-state index in [1.54, 1.807) is 0 Å². The molecule has 0 aliphatic carbocycles. The van der Waals surface area contributed by atoms with E-state index in [1.165, 1.54) is 11.3 Å². The molecule has 20 heavy (non-hydrogen) atoms. The summed E-state index contributed by atoms with van der Waals surface area (Å²) in [5.74, 6) is 1.25. The molecule has 0 amide bonds. The van der Waals surface area contributed by atoms with Crippen LogP contribution in [0.15, 0.2) is 12.1 Å². The fraction of sp³-hybridized carbons (Fsp3) is 0.500. The Hall–Kier alpha value is -1.68. The van der Waals surface area contributed by atoms with Gasteiger partial charge in [-0.25, -0.2) is 9.67 Å². The maximum atomic E-state index is 5.81. The highest BCUT2D eigenvalue weighted by atomic mass is 15.3. The average molecular weight is 272 g/mol. The minimum Gasteiger partial charge on any atom is -0.326 e. The number of aromatic nitrogens is 3. The third kappa shape index (κ3) is 2.61. The summed E-state index contributed by atoms with van der Waals surface area (Å²) in [7, 11) is 0. The van der Waals surface area contributed by atoms with Crippen molar-refractivity contribution >= 4 is 0 Å². The normalized spacial score (nSPS) is 11.3. The zero-order valence-electron chi connectivity index (χ0n) is 13.1. The molecule has 4 heteroatoms. The fourth-order valence-electron chi connectivity index (χ4n) is 2.53. The van der Waals surface area contributed by atoms with E-state index in [1.807, 2.05) is 10.7 Å². The lowest BCUT2D eigenvalue weighted by Crippen LogP contribution is -2.08. The first-order valence-corrected chi connectivity index (χ1v) is 7.24. The SMILES string of the molecule is CCc1c(C)nn(-c2cc(CN)cc(C(C)C)n2)c1C. The molecule has 0 radical (unpaired) electrons. The third-order valence-corrected chi connectivity index (χ3v) is 3.73. The van der Waals surface area contributed by atoms with Gasteiger partial charge in [-0.2, -0.15) is 5.10 Å². The molecular formula is C16H24N4. The second-order valence-electron chi connectivity index (χ2n) is 5.53. The Labute approximate surface area is 121 Å². The van der Waals surface area contributed by atoms with E-state index in [2.05, 4.69) is 45.8 Å². The Kier molecular flexibility index (Phi) is 4.23. The Bertz CT molecular complexity index is 611. The second-order valence-corrected chi connectivity index (χ2v) is 5.53. The van der Waals surface area contributed by atoms with Crippen molar-refractivity contribution in [3.05, 3.63) is 40.3 Å². The highest BCUT2D eigenvalue weighted by Crippen LogP contribution is 2.21. The van der Waals surface area contributed by atoms with Crippen molar-refractivity contribution in [1.29, 1.82) is 0 Å². The molecule has 2 heterocycles. The van der Waals surface area contributed by atoms with Crippen LogP contribution in [0.4, 0.5) is 0 Å². The number of hydrogen-bond donors (Lipinski definition) is 1. The maximum Gasteiger partial charge on any atom is 0.154 e. The second kappa shape index (κ2) is 5.75. The Morgan fingerprint density at radius 2 is 1.95 bits per heavy atom. The molecule has 2 aromatic heterocycles. The van der Waals surface area contributed by atoms with Gasteiger partial charge in [-0.05, 0) is 49.4 Å². The molecule has 0 saturated heterocycles. The Balaban J connectivity index is 2.60. The molecule has 2 N–H and O–H groups in total. The Morgan fingerprint density at radius 1 is 1.25 bits per heavy atom. The number of nitrogens with zero attached hydrogens (tertiary/aromatic N) is 3. The molecule has 0 spiro atoms. The van der Waals surface area contributed by atoms with Gasteiger partial charge in [-0.1, -0.05) is 20.8 Å². The average Bonchev–Trinajstić information content (AvgIpc) is 2.72. The summed E-state index contributed by atoms with van der Waals surface area (Å²) in [4.78, 5) is 4.75. The summed E-state index contributed by atoms with van der Waals surface area (Å²) < 4.78 is 1.94. The highest BCUT2D eigenvalue weighted by molar-refractivity contribution is 5.36. The van der Waals surface area contributed by atoms with Crippen LogP contribution in [0.3, 0.4) is 0 Å². The van der Waals surface area contributed by atoms with E-state index in [0.29, 0.717) is 12.5 Å². The summed E-state index contributed by atoms with van der Waals surface area (Å²) in [5, 5.41) is 4.64. The summed E-state index contributed by atoms with van der Waals surface area (Å²) >= 11 is 0. The minimum absolute atomic E-state index is 0.378. The molecule has 4 nitrogen and oxygen atoms in total. The zero-order chi connectivity index (χ0) is 14.9. The van der Waals surface area contributed by atoms with Crippen molar-refractivity contribution in [2.45, 2.75) is 53.5 Å². The van der Waals surface area contributed by atoms with E-state index >= 15 is 0 Å². The van der Waals surface area contributed by atoms with E-state index < -0.39 is 0 Å².